The maximum atomic E-state index is 5.57. The van der Waals surface area contributed by atoms with Crippen molar-refractivity contribution < 1.29 is 0 Å². The predicted octanol–water partition coefficient (Wildman–Crippen LogP) is 1.13. The summed E-state index contributed by atoms with van der Waals surface area (Å²) in [7, 11) is 0. The molecule has 0 aliphatic rings. The van der Waals surface area contributed by atoms with Crippen LogP contribution >= 0.6 is 0 Å². The fraction of sp³-hybridized carbons (Fsp3) is 0.636. The molecular weight excluding hydrogens is 188 g/mol. The van der Waals surface area contributed by atoms with E-state index in [2.05, 4.69) is 28.7 Å². The fourth-order valence-electron chi connectivity index (χ4n) is 1.55. The average Bonchev–Trinajstić information content (AvgIpc) is 2.24. The monoisotopic (exact) mass is 208 g/mol. The number of rotatable bonds is 5. The van der Waals surface area contributed by atoms with Crippen molar-refractivity contribution >= 4 is 5.82 Å². The number of anilines is 1. The van der Waals surface area contributed by atoms with Crippen LogP contribution in [0.15, 0.2) is 6.07 Å². The van der Waals surface area contributed by atoms with Gasteiger partial charge in [0, 0.05) is 31.4 Å². The molecule has 4 heteroatoms. The highest BCUT2D eigenvalue weighted by atomic mass is 15.2. The van der Waals surface area contributed by atoms with E-state index in [1.165, 1.54) is 0 Å². The Morgan fingerprint density at radius 3 is 2.60 bits per heavy atom. The molecule has 1 heterocycles. The van der Waals surface area contributed by atoms with Gasteiger partial charge >= 0.3 is 0 Å². The van der Waals surface area contributed by atoms with Gasteiger partial charge in [-0.3, -0.25) is 0 Å². The second kappa shape index (κ2) is 5.66. The van der Waals surface area contributed by atoms with Crippen LogP contribution in [0.25, 0.3) is 0 Å². The summed E-state index contributed by atoms with van der Waals surface area (Å²) < 4.78 is 0. The highest BCUT2D eigenvalue weighted by Gasteiger charge is 2.07. The summed E-state index contributed by atoms with van der Waals surface area (Å²) in [6, 6.07) is 2.05. The van der Waals surface area contributed by atoms with Gasteiger partial charge in [0.25, 0.3) is 0 Å². The molecule has 0 fully saturated rings. The number of hydrogen-bond acceptors (Lipinski definition) is 4. The molecule has 0 aliphatic carbocycles. The van der Waals surface area contributed by atoms with Crippen LogP contribution in [0.2, 0.25) is 0 Å². The summed E-state index contributed by atoms with van der Waals surface area (Å²) in [4.78, 5) is 11.0. The summed E-state index contributed by atoms with van der Waals surface area (Å²) in [5, 5.41) is 0. The molecule has 2 N–H and O–H groups in total. The third-order valence-corrected chi connectivity index (χ3v) is 2.34. The van der Waals surface area contributed by atoms with Crippen molar-refractivity contribution in [1.82, 2.24) is 9.97 Å². The third-order valence-electron chi connectivity index (χ3n) is 2.34. The molecule has 0 bridgehead atoms. The Bertz CT molecular complexity index is 311. The van der Waals surface area contributed by atoms with Crippen molar-refractivity contribution in [2.24, 2.45) is 5.73 Å². The van der Waals surface area contributed by atoms with Crippen LogP contribution in [-0.4, -0.2) is 29.6 Å². The summed E-state index contributed by atoms with van der Waals surface area (Å²) >= 11 is 0. The van der Waals surface area contributed by atoms with Gasteiger partial charge in [-0.15, -0.1) is 0 Å². The number of likely N-dealkylation sites (N-methyl/N-ethyl adjacent to an activating group) is 1. The van der Waals surface area contributed by atoms with Crippen molar-refractivity contribution in [2.75, 3.05) is 24.5 Å². The molecule has 4 nitrogen and oxygen atoms in total. The van der Waals surface area contributed by atoms with E-state index in [1.54, 1.807) is 0 Å². The topological polar surface area (TPSA) is 55.0 Å². The maximum Gasteiger partial charge on any atom is 0.132 e. The lowest BCUT2D eigenvalue weighted by Crippen LogP contribution is -2.30. The lowest BCUT2D eigenvalue weighted by atomic mass is 10.3. The van der Waals surface area contributed by atoms with Crippen LogP contribution < -0.4 is 10.6 Å². The lowest BCUT2D eigenvalue weighted by molar-refractivity contribution is 0.788. The minimum atomic E-state index is 0.651. The van der Waals surface area contributed by atoms with Gasteiger partial charge in [0.2, 0.25) is 0 Å². The highest BCUT2D eigenvalue weighted by molar-refractivity contribution is 5.39. The van der Waals surface area contributed by atoms with Crippen molar-refractivity contribution in [3.8, 4) is 0 Å². The van der Waals surface area contributed by atoms with Crippen molar-refractivity contribution in [2.45, 2.75) is 27.2 Å². The molecule has 0 saturated carbocycles. The second-order valence-electron chi connectivity index (χ2n) is 3.49. The van der Waals surface area contributed by atoms with E-state index in [0.717, 1.165) is 36.8 Å². The summed E-state index contributed by atoms with van der Waals surface area (Å²) in [5.41, 5.74) is 6.66. The summed E-state index contributed by atoms with van der Waals surface area (Å²) in [5.74, 6) is 1.83. The predicted molar refractivity (Wildman–Crippen MR) is 63.1 cm³/mol. The first kappa shape index (κ1) is 11.9. The van der Waals surface area contributed by atoms with Gasteiger partial charge in [-0.2, -0.15) is 0 Å². The number of aryl methyl sites for hydroxylation is 2. The standard InChI is InChI=1S/C11H20N4/c1-4-10-8-11(14-9(3)13-10)15(5-2)7-6-12/h8H,4-7,12H2,1-3H3. The van der Waals surface area contributed by atoms with E-state index >= 15 is 0 Å². The minimum absolute atomic E-state index is 0.651. The molecule has 84 valence electrons. The van der Waals surface area contributed by atoms with Crippen LogP contribution in [0, 0.1) is 6.92 Å². The van der Waals surface area contributed by atoms with Gasteiger partial charge in [0.1, 0.15) is 11.6 Å². The van der Waals surface area contributed by atoms with Crippen molar-refractivity contribution in [3.63, 3.8) is 0 Å². The molecule has 0 aromatic carbocycles. The van der Waals surface area contributed by atoms with Gasteiger partial charge in [0.05, 0.1) is 0 Å². The first-order valence-corrected chi connectivity index (χ1v) is 5.50. The van der Waals surface area contributed by atoms with Gasteiger partial charge in [-0.1, -0.05) is 6.92 Å². The smallest absolute Gasteiger partial charge is 0.132 e. The van der Waals surface area contributed by atoms with Crippen molar-refractivity contribution in [3.05, 3.63) is 17.6 Å². The van der Waals surface area contributed by atoms with Gasteiger partial charge in [0.15, 0.2) is 0 Å². The normalized spacial score (nSPS) is 10.4. The Labute approximate surface area is 91.5 Å². The SMILES string of the molecule is CCc1cc(N(CC)CCN)nc(C)n1. The summed E-state index contributed by atoms with van der Waals surface area (Å²) in [6.07, 6.45) is 0.941. The Kier molecular flexibility index (Phi) is 4.49. The minimum Gasteiger partial charge on any atom is -0.356 e. The van der Waals surface area contributed by atoms with E-state index in [-0.39, 0.29) is 0 Å². The van der Waals surface area contributed by atoms with Crippen LogP contribution in [0.4, 0.5) is 5.82 Å². The van der Waals surface area contributed by atoms with Gasteiger partial charge < -0.3 is 10.6 Å². The van der Waals surface area contributed by atoms with Crippen LogP contribution in [0.3, 0.4) is 0 Å². The van der Waals surface area contributed by atoms with Crippen LogP contribution in [-0.2, 0) is 6.42 Å². The lowest BCUT2D eigenvalue weighted by Gasteiger charge is -2.21. The Balaban J connectivity index is 2.95. The second-order valence-corrected chi connectivity index (χ2v) is 3.49. The van der Waals surface area contributed by atoms with Crippen molar-refractivity contribution in [1.29, 1.82) is 0 Å². The molecule has 0 amide bonds. The molecule has 1 rings (SSSR count). The molecule has 0 spiro atoms. The van der Waals surface area contributed by atoms with Gasteiger partial charge in [-0.25, -0.2) is 9.97 Å². The first-order valence-electron chi connectivity index (χ1n) is 5.50. The Morgan fingerprint density at radius 1 is 1.33 bits per heavy atom. The number of nitrogens with two attached hydrogens (primary N) is 1. The molecule has 0 radical (unpaired) electrons. The highest BCUT2D eigenvalue weighted by Crippen LogP contribution is 2.12. The summed E-state index contributed by atoms with van der Waals surface area (Å²) in [6.45, 7) is 8.56. The van der Waals surface area contributed by atoms with E-state index in [0.29, 0.717) is 6.54 Å². The molecule has 0 unspecified atom stereocenters. The first-order chi connectivity index (χ1) is 7.21. The number of nitrogens with zero attached hydrogens (tertiary/aromatic N) is 3. The van der Waals surface area contributed by atoms with Crippen LogP contribution in [0.1, 0.15) is 25.4 Å². The maximum absolute atomic E-state index is 5.57. The fourth-order valence-corrected chi connectivity index (χ4v) is 1.55. The molecular formula is C11H20N4. The third kappa shape index (κ3) is 3.16. The molecule has 0 atom stereocenters. The molecule has 15 heavy (non-hydrogen) atoms. The zero-order chi connectivity index (χ0) is 11.3. The zero-order valence-electron chi connectivity index (χ0n) is 9.82. The zero-order valence-corrected chi connectivity index (χ0v) is 9.82. The largest absolute Gasteiger partial charge is 0.356 e. The molecule has 1 aromatic rings. The number of hydrogen-bond donors (Lipinski definition) is 1. The van der Waals surface area contributed by atoms with E-state index in [1.807, 2.05) is 13.0 Å². The van der Waals surface area contributed by atoms with E-state index < -0.39 is 0 Å². The molecule has 0 saturated heterocycles. The van der Waals surface area contributed by atoms with E-state index in [9.17, 15) is 0 Å². The Morgan fingerprint density at radius 2 is 2.07 bits per heavy atom. The van der Waals surface area contributed by atoms with Gasteiger partial charge in [-0.05, 0) is 20.3 Å². The average molecular weight is 208 g/mol. The number of aromatic nitrogens is 2. The quantitative estimate of drug-likeness (QED) is 0.788. The molecule has 0 aliphatic heterocycles. The van der Waals surface area contributed by atoms with E-state index in [4.69, 9.17) is 5.73 Å². The Hall–Kier alpha value is -1.16. The molecule has 1 aromatic heterocycles. The van der Waals surface area contributed by atoms with Crippen LogP contribution in [0.5, 0.6) is 0 Å².